The lowest BCUT2D eigenvalue weighted by Crippen LogP contribution is -2.02. The molecular weight excluding hydrogens is 223 g/mol. The predicted molar refractivity (Wildman–Crippen MR) is 53.9 cm³/mol. The van der Waals surface area contributed by atoms with Crippen molar-refractivity contribution in [2.24, 2.45) is 0 Å². The summed E-state index contributed by atoms with van der Waals surface area (Å²) in [5.74, 6) is 0.371. The fourth-order valence-electron chi connectivity index (χ4n) is 1.01. The van der Waals surface area contributed by atoms with Crippen molar-refractivity contribution < 1.29 is 0 Å². The van der Waals surface area contributed by atoms with E-state index in [1.807, 2.05) is 13.0 Å². The fourth-order valence-corrected chi connectivity index (χ4v) is 1.42. The predicted octanol–water partition coefficient (Wildman–Crippen LogP) is 2.28. The van der Waals surface area contributed by atoms with Gasteiger partial charge < -0.3 is 0 Å². The van der Waals surface area contributed by atoms with Crippen LogP contribution in [0.4, 0.5) is 0 Å². The molecule has 0 bridgehead atoms. The van der Waals surface area contributed by atoms with Crippen LogP contribution >= 0.6 is 23.2 Å². The van der Waals surface area contributed by atoms with E-state index in [2.05, 4.69) is 15.1 Å². The summed E-state index contributed by atoms with van der Waals surface area (Å²) in [6.45, 7) is 1.88. The minimum atomic E-state index is 0.299. The lowest BCUT2D eigenvalue weighted by atomic mass is 10.5. The third-order valence-corrected chi connectivity index (χ3v) is 1.97. The van der Waals surface area contributed by atoms with E-state index in [-0.39, 0.29) is 0 Å². The maximum absolute atomic E-state index is 5.73. The Balaban J connectivity index is 2.51. The Kier molecular flexibility index (Phi) is 2.39. The first-order valence-electron chi connectivity index (χ1n) is 3.88. The average Bonchev–Trinajstić information content (AvgIpc) is 2.50. The highest BCUT2D eigenvalue weighted by Crippen LogP contribution is 2.13. The van der Waals surface area contributed by atoms with Gasteiger partial charge in [-0.25, -0.2) is 4.68 Å². The number of halogens is 2. The van der Waals surface area contributed by atoms with Crippen molar-refractivity contribution in [3.05, 3.63) is 34.3 Å². The van der Waals surface area contributed by atoms with E-state index >= 15 is 0 Å². The van der Waals surface area contributed by atoms with Gasteiger partial charge in [-0.15, -0.1) is 0 Å². The van der Waals surface area contributed by atoms with Crippen LogP contribution in [0.15, 0.2) is 18.3 Å². The first kappa shape index (κ1) is 9.43. The minimum Gasteiger partial charge on any atom is -0.206 e. The largest absolute Gasteiger partial charge is 0.253 e. The quantitative estimate of drug-likeness (QED) is 0.704. The highest BCUT2D eigenvalue weighted by atomic mass is 35.5. The van der Waals surface area contributed by atoms with Gasteiger partial charge in [-0.1, -0.05) is 23.2 Å². The second-order valence-electron chi connectivity index (χ2n) is 2.72. The van der Waals surface area contributed by atoms with Gasteiger partial charge in [0.25, 0.3) is 5.95 Å². The Morgan fingerprint density at radius 1 is 1.21 bits per heavy atom. The molecule has 0 radical (unpaired) electrons. The zero-order valence-electron chi connectivity index (χ0n) is 7.28. The van der Waals surface area contributed by atoms with Crippen LogP contribution in [0.3, 0.4) is 0 Å². The molecule has 0 spiro atoms. The Morgan fingerprint density at radius 2 is 1.86 bits per heavy atom. The van der Waals surface area contributed by atoms with E-state index < -0.39 is 0 Å². The van der Waals surface area contributed by atoms with E-state index in [1.165, 1.54) is 10.7 Å². The first-order chi connectivity index (χ1) is 6.65. The van der Waals surface area contributed by atoms with E-state index in [1.54, 1.807) is 6.20 Å². The summed E-state index contributed by atoms with van der Waals surface area (Å²) in [5, 5.41) is 4.74. The van der Waals surface area contributed by atoms with E-state index in [4.69, 9.17) is 23.2 Å². The average molecular weight is 229 g/mol. The Morgan fingerprint density at radius 3 is 2.36 bits per heavy atom. The molecule has 0 N–H and O–H groups in total. The standard InChI is InChI=1S/C8H6Cl2N4/c1-5-2-3-14(13-5)8-11-6(9)4-7(10)12-8/h2-4H,1H3. The van der Waals surface area contributed by atoms with Gasteiger partial charge in [0, 0.05) is 12.3 Å². The summed E-state index contributed by atoms with van der Waals surface area (Å²) in [5.41, 5.74) is 0.879. The molecule has 4 nitrogen and oxygen atoms in total. The molecule has 0 fully saturated rings. The summed E-state index contributed by atoms with van der Waals surface area (Å²) in [6, 6.07) is 3.32. The number of aromatic nitrogens is 4. The highest BCUT2D eigenvalue weighted by molar-refractivity contribution is 6.33. The van der Waals surface area contributed by atoms with Gasteiger partial charge in [0.1, 0.15) is 10.3 Å². The van der Waals surface area contributed by atoms with Crippen LogP contribution in [0.25, 0.3) is 5.95 Å². The van der Waals surface area contributed by atoms with Gasteiger partial charge in [0.05, 0.1) is 5.69 Å². The van der Waals surface area contributed by atoms with Gasteiger partial charge >= 0.3 is 0 Å². The lowest BCUT2D eigenvalue weighted by Gasteiger charge is -1.99. The van der Waals surface area contributed by atoms with Crippen LogP contribution in [0.1, 0.15) is 5.69 Å². The normalized spacial score (nSPS) is 10.5. The topological polar surface area (TPSA) is 43.6 Å². The molecule has 0 aliphatic carbocycles. The number of hydrogen-bond acceptors (Lipinski definition) is 3. The molecule has 2 heterocycles. The van der Waals surface area contributed by atoms with E-state index in [0.717, 1.165) is 5.69 Å². The minimum absolute atomic E-state index is 0.299. The van der Waals surface area contributed by atoms with Crippen molar-refractivity contribution >= 4 is 23.2 Å². The van der Waals surface area contributed by atoms with Gasteiger partial charge in [0.15, 0.2) is 0 Å². The Bertz CT molecular complexity index is 446. The van der Waals surface area contributed by atoms with E-state index in [0.29, 0.717) is 16.3 Å². The Hall–Kier alpha value is -1.13. The van der Waals surface area contributed by atoms with Crippen molar-refractivity contribution in [3.63, 3.8) is 0 Å². The molecule has 0 unspecified atom stereocenters. The van der Waals surface area contributed by atoms with Crippen LogP contribution in [0.2, 0.25) is 10.3 Å². The smallest absolute Gasteiger partial charge is 0.206 e. The summed E-state index contributed by atoms with van der Waals surface area (Å²) in [7, 11) is 0. The summed E-state index contributed by atoms with van der Waals surface area (Å²) >= 11 is 11.5. The third-order valence-electron chi connectivity index (χ3n) is 1.58. The van der Waals surface area contributed by atoms with Crippen LogP contribution in [-0.2, 0) is 0 Å². The zero-order valence-corrected chi connectivity index (χ0v) is 8.79. The van der Waals surface area contributed by atoms with Crippen molar-refractivity contribution in [1.29, 1.82) is 0 Å². The van der Waals surface area contributed by atoms with Gasteiger partial charge in [-0.3, -0.25) is 0 Å². The summed E-state index contributed by atoms with van der Waals surface area (Å²) < 4.78 is 1.52. The second-order valence-corrected chi connectivity index (χ2v) is 3.49. The third kappa shape index (κ3) is 1.86. The van der Waals surface area contributed by atoms with Crippen LogP contribution in [0, 0.1) is 6.92 Å². The first-order valence-corrected chi connectivity index (χ1v) is 4.63. The molecule has 2 aromatic heterocycles. The van der Waals surface area contributed by atoms with Gasteiger partial charge in [-0.2, -0.15) is 15.1 Å². The maximum atomic E-state index is 5.73. The van der Waals surface area contributed by atoms with Crippen molar-refractivity contribution in [2.45, 2.75) is 6.92 Å². The van der Waals surface area contributed by atoms with Gasteiger partial charge in [0.2, 0.25) is 0 Å². The van der Waals surface area contributed by atoms with Crippen LogP contribution in [-0.4, -0.2) is 19.7 Å². The lowest BCUT2D eigenvalue weighted by molar-refractivity contribution is 0.797. The number of aryl methyl sites for hydroxylation is 1. The van der Waals surface area contributed by atoms with E-state index in [9.17, 15) is 0 Å². The summed E-state index contributed by atoms with van der Waals surface area (Å²) in [6.07, 6.45) is 1.75. The van der Waals surface area contributed by atoms with Crippen molar-refractivity contribution in [1.82, 2.24) is 19.7 Å². The van der Waals surface area contributed by atoms with Crippen LogP contribution < -0.4 is 0 Å². The molecule has 72 valence electrons. The number of hydrogen-bond donors (Lipinski definition) is 0. The highest BCUT2D eigenvalue weighted by Gasteiger charge is 2.04. The molecule has 0 aliphatic heterocycles. The molecule has 14 heavy (non-hydrogen) atoms. The molecule has 0 amide bonds. The second kappa shape index (κ2) is 3.55. The molecular formula is C8H6Cl2N4. The Labute approximate surface area is 90.5 Å². The molecule has 6 heteroatoms. The molecule has 0 saturated carbocycles. The van der Waals surface area contributed by atoms with Gasteiger partial charge in [-0.05, 0) is 13.0 Å². The number of rotatable bonds is 1. The van der Waals surface area contributed by atoms with Crippen molar-refractivity contribution in [3.8, 4) is 5.95 Å². The molecule has 0 saturated heterocycles. The molecule has 0 atom stereocenters. The van der Waals surface area contributed by atoms with Crippen molar-refractivity contribution in [2.75, 3.05) is 0 Å². The fraction of sp³-hybridized carbons (Fsp3) is 0.125. The molecule has 2 rings (SSSR count). The molecule has 0 aromatic carbocycles. The SMILES string of the molecule is Cc1ccn(-c2nc(Cl)cc(Cl)n2)n1. The molecule has 2 aromatic rings. The zero-order chi connectivity index (χ0) is 10.1. The monoisotopic (exact) mass is 228 g/mol. The maximum Gasteiger partial charge on any atom is 0.253 e. The molecule has 0 aliphatic rings. The number of nitrogens with zero attached hydrogens (tertiary/aromatic N) is 4. The van der Waals surface area contributed by atoms with Crippen LogP contribution in [0.5, 0.6) is 0 Å². The summed E-state index contributed by atoms with van der Waals surface area (Å²) in [4.78, 5) is 7.98.